The number of nitrogens with zero attached hydrogens (tertiary/aromatic N) is 1. The zero-order valence-corrected chi connectivity index (χ0v) is 13.8. The van der Waals surface area contributed by atoms with E-state index in [2.05, 4.69) is 26.2 Å². The number of primary amides is 1. The van der Waals surface area contributed by atoms with E-state index < -0.39 is 11.9 Å². The van der Waals surface area contributed by atoms with Crippen LogP contribution in [0.1, 0.15) is 15.9 Å². The van der Waals surface area contributed by atoms with Crippen molar-refractivity contribution >= 4 is 39.3 Å². The van der Waals surface area contributed by atoms with E-state index in [-0.39, 0.29) is 12.3 Å². The number of rotatable bonds is 5. The van der Waals surface area contributed by atoms with Gasteiger partial charge < -0.3 is 11.1 Å². The van der Waals surface area contributed by atoms with Crippen molar-refractivity contribution in [2.75, 3.05) is 0 Å². The van der Waals surface area contributed by atoms with Crippen molar-refractivity contribution < 1.29 is 9.59 Å². The first-order valence-electron chi connectivity index (χ1n) is 6.41. The number of benzene rings is 1. The summed E-state index contributed by atoms with van der Waals surface area (Å²) >= 11 is 9.34. The number of nitrogens with one attached hydrogen (secondary N) is 1. The summed E-state index contributed by atoms with van der Waals surface area (Å²) in [5, 5.41) is 3.17. The summed E-state index contributed by atoms with van der Waals surface area (Å²) in [5.41, 5.74) is 6.58. The molecule has 2 rings (SSSR count). The van der Waals surface area contributed by atoms with Crippen LogP contribution in [0.25, 0.3) is 0 Å². The molecule has 114 valence electrons. The molecule has 0 aliphatic heterocycles. The van der Waals surface area contributed by atoms with Crippen molar-refractivity contribution in [1.82, 2.24) is 10.3 Å². The summed E-state index contributed by atoms with van der Waals surface area (Å²) in [5.74, 6) is -1.00. The van der Waals surface area contributed by atoms with Crippen LogP contribution in [-0.2, 0) is 11.2 Å². The largest absolute Gasteiger partial charge is 0.368 e. The predicted octanol–water partition coefficient (Wildman–Crippen LogP) is 2.32. The minimum Gasteiger partial charge on any atom is -0.368 e. The van der Waals surface area contributed by atoms with Crippen LogP contribution in [0.4, 0.5) is 0 Å². The van der Waals surface area contributed by atoms with Crippen molar-refractivity contribution in [2.24, 2.45) is 5.73 Å². The Bertz CT molecular complexity index is 694. The Morgan fingerprint density at radius 3 is 2.59 bits per heavy atom. The average Bonchev–Trinajstić information content (AvgIpc) is 2.50. The quantitative estimate of drug-likeness (QED) is 0.832. The van der Waals surface area contributed by atoms with Gasteiger partial charge in [-0.15, -0.1) is 0 Å². The van der Waals surface area contributed by atoms with Gasteiger partial charge in [0.05, 0.1) is 0 Å². The predicted molar refractivity (Wildman–Crippen MR) is 87.5 cm³/mol. The third-order valence-electron chi connectivity index (χ3n) is 3.02. The fraction of sp³-hybridized carbons (Fsp3) is 0.133. The van der Waals surface area contributed by atoms with Gasteiger partial charge in [0, 0.05) is 33.9 Å². The third-order valence-corrected chi connectivity index (χ3v) is 4.03. The first-order chi connectivity index (χ1) is 10.5. The Labute approximate surface area is 141 Å². The van der Waals surface area contributed by atoms with Crippen LogP contribution in [0.5, 0.6) is 0 Å². The minimum absolute atomic E-state index is 0.243. The lowest BCUT2D eigenvalue weighted by Crippen LogP contribution is -2.45. The monoisotopic (exact) mass is 381 g/mol. The zero-order valence-electron chi connectivity index (χ0n) is 11.4. The number of aromatic nitrogens is 1. The lowest BCUT2D eigenvalue weighted by molar-refractivity contribution is -0.119. The van der Waals surface area contributed by atoms with Gasteiger partial charge >= 0.3 is 0 Å². The van der Waals surface area contributed by atoms with Gasteiger partial charge in [0.1, 0.15) is 6.04 Å². The smallest absolute Gasteiger partial charge is 0.252 e. The molecule has 2 amide bonds. The van der Waals surface area contributed by atoms with Gasteiger partial charge in [-0.3, -0.25) is 14.6 Å². The number of hydrogen-bond donors (Lipinski definition) is 2. The highest BCUT2D eigenvalue weighted by molar-refractivity contribution is 9.10. The van der Waals surface area contributed by atoms with Crippen molar-refractivity contribution in [3.63, 3.8) is 0 Å². The molecule has 0 aliphatic rings. The molecule has 1 atom stereocenters. The maximum Gasteiger partial charge on any atom is 0.252 e. The molecule has 1 heterocycles. The maximum atomic E-state index is 12.1. The molecule has 0 saturated heterocycles. The van der Waals surface area contributed by atoms with Crippen molar-refractivity contribution in [3.8, 4) is 0 Å². The molecule has 7 heteroatoms. The number of amides is 2. The number of carbonyl (C=O) groups excluding carboxylic acids is 2. The van der Waals surface area contributed by atoms with Crippen LogP contribution in [0.15, 0.2) is 47.2 Å². The summed E-state index contributed by atoms with van der Waals surface area (Å²) in [4.78, 5) is 27.6. The second-order valence-electron chi connectivity index (χ2n) is 4.60. The van der Waals surface area contributed by atoms with E-state index >= 15 is 0 Å². The van der Waals surface area contributed by atoms with Gasteiger partial charge in [0.2, 0.25) is 5.91 Å². The SMILES string of the molecule is NC(=O)[C@H](Cc1cc(Cl)ccc1Br)NC(=O)c1ccncc1. The Kier molecular flexibility index (Phi) is 5.51. The number of hydrogen-bond acceptors (Lipinski definition) is 3. The summed E-state index contributed by atoms with van der Waals surface area (Å²) in [6.07, 6.45) is 3.25. The second kappa shape index (κ2) is 7.38. The lowest BCUT2D eigenvalue weighted by Gasteiger charge is -2.16. The van der Waals surface area contributed by atoms with E-state index in [0.29, 0.717) is 10.6 Å². The number of pyridine rings is 1. The molecular weight excluding hydrogens is 370 g/mol. The van der Waals surface area contributed by atoms with Crippen LogP contribution < -0.4 is 11.1 Å². The van der Waals surface area contributed by atoms with Gasteiger partial charge in [0.25, 0.3) is 5.91 Å². The van der Waals surface area contributed by atoms with E-state index in [1.54, 1.807) is 30.3 Å². The highest BCUT2D eigenvalue weighted by atomic mass is 79.9. The number of halogens is 2. The van der Waals surface area contributed by atoms with Gasteiger partial charge in [0.15, 0.2) is 0 Å². The molecular formula is C15H13BrClN3O2. The molecule has 0 spiro atoms. The number of nitrogens with two attached hydrogens (primary N) is 1. The molecule has 1 aromatic heterocycles. The average molecular weight is 383 g/mol. The van der Waals surface area contributed by atoms with E-state index in [4.69, 9.17) is 17.3 Å². The Balaban J connectivity index is 2.15. The summed E-state index contributed by atoms with van der Waals surface area (Å²) in [6.45, 7) is 0. The first kappa shape index (κ1) is 16.5. The number of carbonyl (C=O) groups is 2. The van der Waals surface area contributed by atoms with Gasteiger partial charge in [-0.1, -0.05) is 27.5 Å². The summed E-state index contributed by atoms with van der Waals surface area (Å²) in [7, 11) is 0. The molecule has 0 fully saturated rings. The molecule has 0 bridgehead atoms. The topological polar surface area (TPSA) is 85.1 Å². The Morgan fingerprint density at radius 2 is 1.95 bits per heavy atom. The van der Waals surface area contributed by atoms with Gasteiger partial charge in [-0.25, -0.2) is 0 Å². The maximum absolute atomic E-state index is 12.1. The molecule has 0 unspecified atom stereocenters. The highest BCUT2D eigenvalue weighted by Crippen LogP contribution is 2.22. The molecule has 0 radical (unpaired) electrons. The minimum atomic E-state index is -0.838. The second-order valence-corrected chi connectivity index (χ2v) is 5.89. The molecule has 3 N–H and O–H groups in total. The van der Waals surface area contributed by atoms with Crippen LogP contribution in [0.3, 0.4) is 0 Å². The van der Waals surface area contributed by atoms with Crippen LogP contribution in [0, 0.1) is 0 Å². The van der Waals surface area contributed by atoms with Crippen molar-refractivity contribution in [2.45, 2.75) is 12.5 Å². The van der Waals surface area contributed by atoms with Crippen LogP contribution in [-0.4, -0.2) is 22.8 Å². The Hall–Kier alpha value is -1.92. The third kappa shape index (κ3) is 4.29. The fourth-order valence-electron chi connectivity index (χ4n) is 1.89. The normalized spacial score (nSPS) is 11.7. The first-order valence-corrected chi connectivity index (χ1v) is 7.58. The van der Waals surface area contributed by atoms with Gasteiger partial charge in [-0.05, 0) is 35.9 Å². The Morgan fingerprint density at radius 1 is 1.27 bits per heavy atom. The van der Waals surface area contributed by atoms with Crippen molar-refractivity contribution in [3.05, 3.63) is 63.3 Å². The molecule has 1 aromatic carbocycles. The molecule has 0 aliphatic carbocycles. The van der Waals surface area contributed by atoms with E-state index in [1.807, 2.05) is 0 Å². The van der Waals surface area contributed by atoms with E-state index in [0.717, 1.165) is 10.0 Å². The van der Waals surface area contributed by atoms with E-state index in [9.17, 15) is 9.59 Å². The molecule has 2 aromatic rings. The molecule has 5 nitrogen and oxygen atoms in total. The van der Waals surface area contributed by atoms with Crippen LogP contribution >= 0.6 is 27.5 Å². The molecule has 22 heavy (non-hydrogen) atoms. The lowest BCUT2D eigenvalue weighted by atomic mass is 10.0. The fourth-order valence-corrected chi connectivity index (χ4v) is 2.49. The molecule has 0 saturated carbocycles. The summed E-state index contributed by atoms with van der Waals surface area (Å²) in [6, 6.07) is 7.51. The van der Waals surface area contributed by atoms with E-state index in [1.165, 1.54) is 12.4 Å². The van der Waals surface area contributed by atoms with Crippen molar-refractivity contribution in [1.29, 1.82) is 0 Å². The van der Waals surface area contributed by atoms with Gasteiger partial charge in [-0.2, -0.15) is 0 Å². The highest BCUT2D eigenvalue weighted by Gasteiger charge is 2.20. The summed E-state index contributed by atoms with van der Waals surface area (Å²) < 4.78 is 0.793. The van der Waals surface area contributed by atoms with Crippen LogP contribution in [0.2, 0.25) is 5.02 Å². The zero-order chi connectivity index (χ0) is 16.1. The standard InChI is InChI=1S/C15H13BrClN3O2/c16-12-2-1-11(17)7-10(12)8-13(14(18)21)20-15(22)9-3-5-19-6-4-9/h1-7,13H,8H2,(H2,18,21)(H,20,22)/t13-/m0/s1.